The number of aromatic nitrogens is 1. The Labute approximate surface area is 232 Å². The average molecular weight is 518 g/mol. The molecule has 0 amide bonds. The van der Waals surface area contributed by atoms with E-state index in [2.05, 4.69) is 126 Å². The molecule has 3 aliphatic rings. The van der Waals surface area contributed by atoms with E-state index in [-0.39, 0.29) is 11.3 Å². The first-order valence-corrected chi connectivity index (χ1v) is 14.0. The first-order valence-electron chi connectivity index (χ1n) is 13.6. The number of hydrogen-bond acceptors (Lipinski definition) is 0. The van der Waals surface area contributed by atoms with Crippen molar-refractivity contribution in [1.29, 1.82) is 0 Å². The lowest BCUT2D eigenvalue weighted by atomic mass is 9.61. The second-order valence-corrected chi connectivity index (χ2v) is 11.4. The molecular formula is C37H24ClN. The second-order valence-electron chi connectivity index (χ2n) is 11.0. The summed E-state index contributed by atoms with van der Waals surface area (Å²) in [4.78, 5) is 0. The maximum absolute atomic E-state index is 6.26. The Morgan fingerprint density at radius 1 is 0.615 bits per heavy atom. The fraction of sp³-hybridized carbons (Fsp3) is 0.0811. The molecule has 39 heavy (non-hydrogen) atoms. The van der Waals surface area contributed by atoms with Crippen LogP contribution in [0.5, 0.6) is 0 Å². The van der Waals surface area contributed by atoms with Crippen LogP contribution >= 0.6 is 11.6 Å². The van der Waals surface area contributed by atoms with Gasteiger partial charge in [-0.15, -0.1) is 0 Å². The zero-order valence-electron chi connectivity index (χ0n) is 21.2. The molecule has 0 bridgehead atoms. The maximum atomic E-state index is 6.26. The van der Waals surface area contributed by atoms with E-state index >= 15 is 0 Å². The third-order valence-corrected chi connectivity index (χ3v) is 9.59. The normalized spacial score (nSPS) is 21.9. The van der Waals surface area contributed by atoms with Crippen LogP contribution < -0.4 is 0 Å². The quantitative estimate of drug-likeness (QED) is 0.204. The summed E-state index contributed by atoms with van der Waals surface area (Å²) in [7, 11) is 0. The molecule has 1 nitrogen and oxygen atoms in total. The van der Waals surface area contributed by atoms with E-state index in [1.165, 1.54) is 60.9 Å². The molecule has 3 atom stereocenters. The lowest BCUT2D eigenvalue weighted by Crippen LogP contribution is -2.38. The minimum absolute atomic E-state index is 0.288. The molecule has 1 aliphatic heterocycles. The molecule has 2 heteroatoms. The lowest BCUT2D eigenvalue weighted by Gasteiger charge is -2.43. The summed E-state index contributed by atoms with van der Waals surface area (Å²) < 4.78 is 2.51. The number of halogens is 1. The van der Waals surface area contributed by atoms with Crippen molar-refractivity contribution in [3.8, 4) is 16.8 Å². The molecular weight excluding hydrogens is 494 g/mol. The third-order valence-electron chi connectivity index (χ3n) is 9.34. The Bertz CT molecular complexity index is 2040. The molecule has 0 fully saturated rings. The van der Waals surface area contributed by atoms with E-state index in [1.54, 1.807) is 0 Å². The maximum Gasteiger partial charge on any atom is 0.0585 e. The smallest absolute Gasteiger partial charge is 0.0585 e. The van der Waals surface area contributed by atoms with Crippen LogP contribution in [0.3, 0.4) is 0 Å². The first kappa shape index (κ1) is 21.6. The highest BCUT2D eigenvalue weighted by atomic mass is 35.5. The van der Waals surface area contributed by atoms with Gasteiger partial charge in [0.1, 0.15) is 0 Å². The SMILES string of the molecule is Clc1ccc(-c2ccc3c(c2)C2(c4ccccc4-n4c5ccccc5c5cccc2c54)C2C=CC=CC32)cc1. The zero-order valence-corrected chi connectivity index (χ0v) is 21.9. The second kappa shape index (κ2) is 7.62. The minimum atomic E-state index is -0.301. The van der Waals surface area contributed by atoms with E-state index in [4.69, 9.17) is 11.6 Å². The van der Waals surface area contributed by atoms with Gasteiger partial charge < -0.3 is 4.57 Å². The molecule has 0 radical (unpaired) electrons. The summed E-state index contributed by atoms with van der Waals surface area (Å²) in [6, 6.07) is 40.3. The molecule has 1 aromatic heterocycles. The number of hydrogen-bond donors (Lipinski definition) is 0. The van der Waals surface area contributed by atoms with Gasteiger partial charge in [0.2, 0.25) is 0 Å². The van der Waals surface area contributed by atoms with Gasteiger partial charge in [0.25, 0.3) is 0 Å². The van der Waals surface area contributed by atoms with Crippen LogP contribution in [0.15, 0.2) is 133 Å². The highest BCUT2D eigenvalue weighted by Crippen LogP contribution is 2.63. The molecule has 184 valence electrons. The predicted octanol–water partition coefficient (Wildman–Crippen LogP) is 9.59. The van der Waals surface area contributed by atoms with Gasteiger partial charge in [-0.3, -0.25) is 0 Å². The highest BCUT2D eigenvalue weighted by molar-refractivity contribution is 6.30. The van der Waals surface area contributed by atoms with Crippen molar-refractivity contribution in [3.63, 3.8) is 0 Å². The van der Waals surface area contributed by atoms with Crippen molar-refractivity contribution < 1.29 is 0 Å². The monoisotopic (exact) mass is 517 g/mol. The van der Waals surface area contributed by atoms with Crippen LogP contribution in [0, 0.1) is 5.92 Å². The van der Waals surface area contributed by atoms with E-state index in [9.17, 15) is 0 Å². The Balaban J connectivity index is 1.46. The molecule has 6 aromatic rings. The van der Waals surface area contributed by atoms with Gasteiger partial charge in [0.05, 0.1) is 22.1 Å². The number of fused-ring (bicyclic) bond motifs is 12. The summed E-state index contributed by atoms with van der Waals surface area (Å²) in [5.41, 5.74) is 11.6. The summed E-state index contributed by atoms with van der Waals surface area (Å²) in [6.45, 7) is 0. The Morgan fingerprint density at radius 3 is 2.28 bits per heavy atom. The van der Waals surface area contributed by atoms with Gasteiger partial charge in [-0.05, 0) is 63.7 Å². The van der Waals surface area contributed by atoms with Crippen LogP contribution in [0.2, 0.25) is 5.02 Å². The van der Waals surface area contributed by atoms with Crippen LogP contribution in [0.4, 0.5) is 0 Å². The Morgan fingerprint density at radius 2 is 1.36 bits per heavy atom. The van der Waals surface area contributed by atoms with Crippen LogP contribution in [0.25, 0.3) is 38.6 Å². The number of nitrogens with zero attached hydrogens (tertiary/aromatic N) is 1. The molecule has 0 saturated heterocycles. The molecule has 3 unspecified atom stereocenters. The molecule has 0 saturated carbocycles. The molecule has 0 N–H and O–H groups in total. The average Bonchev–Trinajstić information content (AvgIpc) is 3.48. The van der Waals surface area contributed by atoms with Gasteiger partial charge in [-0.1, -0.05) is 115 Å². The summed E-state index contributed by atoms with van der Waals surface area (Å²) in [5.74, 6) is 0.611. The van der Waals surface area contributed by atoms with Crippen molar-refractivity contribution in [3.05, 3.63) is 161 Å². The van der Waals surface area contributed by atoms with Crippen molar-refractivity contribution in [2.75, 3.05) is 0 Å². The molecule has 2 heterocycles. The molecule has 9 rings (SSSR count). The largest absolute Gasteiger partial charge is 0.309 e. The minimum Gasteiger partial charge on any atom is -0.309 e. The van der Waals surface area contributed by atoms with Crippen LogP contribution in [-0.4, -0.2) is 4.57 Å². The van der Waals surface area contributed by atoms with E-state index in [0.717, 1.165) is 5.02 Å². The van der Waals surface area contributed by atoms with Crippen molar-refractivity contribution in [2.24, 2.45) is 5.92 Å². The van der Waals surface area contributed by atoms with E-state index in [1.807, 2.05) is 12.1 Å². The first-order chi connectivity index (χ1) is 19.3. The van der Waals surface area contributed by atoms with Crippen LogP contribution in [-0.2, 0) is 5.41 Å². The third kappa shape index (κ3) is 2.61. The van der Waals surface area contributed by atoms with Gasteiger partial charge in [0, 0.05) is 27.6 Å². The molecule has 2 aliphatic carbocycles. The predicted molar refractivity (Wildman–Crippen MR) is 162 cm³/mol. The van der Waals surface area contributed by atoms with Gasteiger partial charge in [-0.2, -0.15) is 0 Å². The number of para-hydroxylation sites is 3. The fourth-order valence-corrected chi connectivity index (χ4v) is 8.02. The van der Waals surface area contributed by atoms with Gasteiger partial charge >= 0.3 is 0 Å². The number of allylic oxidation sites excluding steroid dienone is 4. The van der Waals surface area contributed by atoms with Crippen molar-refractivity contribution in [1.82, 2.24) is 4.57 Å². The molecule has 1 spiro atoms. The summed E-state index contributed by atoms with van der Waals surface area (Å²) in [5, 5.41) is 3.40. The molecule has 5 aromatic carbocycles. The summed E-state index contributed by atoms with van der Waals surface area (Å²) >= 11 is 6.26. The highest BCUT2D eigenvalue weighted by Gasteiger charge is 2.56. The topological polar surface area (TPSA) is 4.93 Å². The van der Waals surface area contributed by atoms with Gasteiger partial charge in [-0.25, -0.2) is 0 Å². The van der Waals surface area contributed by atoms with E-state index in [0.29, 0.717) is 5.92 Å². The Kier molecular flexibility index (Phi) is 4.22. The number of rotatable bonds is 1. The standard InChI is InChI=1S/C37H24ClN/c38-25-19-16-23(17-20-25)24-18-21-27-26-8-1-3-11-30(26)37(33(27)22-24)31-12-4-6-15-35(31)39-34-14-5-2-9-28(34)29-10-7-13-32(37)36(29)39/h1-22,26,30H. The van der Waals surface area contributed by atoms with E-state index < -0.39 is 0 Å². The summed E-state index contributed by atoms with van der Waals surface area (Å²) in [6.07, 6.45) is 9.35. The Hall–Kier alpha value is -4.33. The van der Waals surface area contributed by atoms with Gasteiger partial charge in [0.15, 0.2) is 0 Å². The lowest BCUT2D eigenvalue weighted by molar-refractivity contribution is 0.454. The van der Waals surface area contributed by atoms with Crippen molar-refractivity contribution >= 4 is 33.4 Å². The fourth-order valence-electron chi connectivity index (χ4n) is 7.89. The zero-order chi connectivity index (χ0) is 25.7. The number of benzene rings is 5. The van der Waals surface area contributed by atoms with Crippen LogP contribution in [0.1, 0.15) is 28.2 Å². The van der Waals surface area contributed by atoms with Crippen molar-refractivity contribution in [2.45, 2.75) is 11.3 Å².